The highest BCUT2D eigenvalue weighted by Gasteiger charge is 2.02. The fourth-order valence-corrected chi connectivity index (χ4v) is 1.61. The maximum atomic E-state index is 13.1. The van der Waals surface area contributed by atoms with Gasteiger partial charge in [0.1, 0.15) is 5.82 Å². The van der Waals surface area contributed by atoms with Gasteiger partial charge in [0.15, 0.2) is 0 Å². The van der Waals surface area contributed by atoms with Crippen molar-refractivity contribution in [1.29, 1.82) is 5.26 Å². The molecule has 0 saturated carbocycles. The molecule has 68 valence electrons. The fraction of sp³-hybridized carbons (Fsp3) is 0.300. The Labute approximate surface area is 81.6 Å². The molecule has 1 nitrogen and oxygen atoms in total. The molecule has 0 radical (unpaired) electrons. The summed E-state index contributed by atoms with van der Waals surface area (Å²) in [7, 11) is 0. The number of thioether (sulfide) groups is 1. The van der Waals surface area contributed by atoms with E-state index in [2.05, 4.69) is 0 Å². The van der Waals surface area contributed by atoms with Gasteiger partial charge in [0.05, 0.1) is 11.6 Å². The zero-order chi connectivity index (χ0) is 9.68. The topological polar surface area (TPSA) is 23.8 Å². The Morgan fingerprint density at radius 1 is 1.54 bits per heavy atom. The maximum absolute atomic E-state index is 13.1. The molecule has 0 aromatic heterocycles. The summed E-state index contributed by atoms with van der Waals surface area (Å²) in [4.78, 5) is 0. The van der Waals surface area contributed by atoms with Crippen molar-refractivity contribution in [3.05, 3.63) is 35.1 Å². The van der Waals surface area contributed by atoms with Gasteiger partial charge in [-0.05, 0) is 29.5 Å². The zero-order valence-corrected chi connectivity index (χ0v) is 8.20. The van der Waals surface area contributed by atoms with Crippen molar-refractivity contribution >= 4 is 11.8 Å². The lowest BCUT2D eigenvalue weighted by Crippen LogP contribution is -1.89. The second kappa shape index (κ2) is 4.88. The Kier molecular flexibility index (Phi) is 3.78. The summed E-state index contributed by atoms with van der Waals surface area (Å²) in [6, 6.07) is 6.45. The normalized spacial score (nSPS) is 9.62. The third-order valence-corrected chi connectivity index (χ3v) is 2.56. The minimum atomic E-state index is -0.222. The molecule has 13 heavy (non-hydrogen) atoms. The van der Waals surface area contributed by atoms with E-state index in [1.165, 1.54) is 12.1 Å². The van der Waals surface area contributed by atoms with E-state index in [9.17, 15) is 4.39 Å². The monoisotopic (exact) mass is 195 g/mol. The molecule has 0 unspecified atom stereocenters. The third kappa shape index (κ3) is 2.74. The van der Waals surface area contributed by atoms with Gasteiger partial charge in [0.25, 0.3) is 0 Å². The lowest BCUT2D eigenvalue weighted by atomic mass is 10.1. The molecule has 0 N–H and O–H groups in total. The van der Waals surface area contributed by atoms with E-state index in [4.69, 9.17) is 5.26 Å². The molecule has 3 heteroatoms. The average Bonchev–Trinajstić information content (AvgIpc) is 2.17. The summed E-state index contributed by atoms with van der Waals surface area (Å²) < 4.78 is 13.1. The molecule has 0 aliphatic carbocycles. The van der Waals surface area contributed by atoms with Crippen LogP contribution in [0, 0.1) is 17.1 Å². The maximum Gasteiger partial charge on any atom is 0.127 e. The van der Waals surface area contributed by atoms with Crippen molar-refractivity contribution in [2.24, 2.45) is 0 Å². The summed E-state index contributed by atoms with van der Waals surface area (Å²) in [6.45, 7) is 2.02. The van der Waals surface area contributed by atoms with Crippen LogP contribution in [0.2, 0.25) is 0 Å². The molecule has 1 aromatic carbocycles. The van der Waals surface area contributed by atoms with Gasteiger partial charge in [-0.1, -0.05) is 6.92 Å². The van der Waals surface area contributed by atoms with E-state index in [0.29, 0.717) is 16.9 Å². The zero-order valence-electron chi connectivity index (χ0n) is 7.38. The Bertz CT molecular complexity index is 330. The van der Waals surface area contributed by atoms with Crippen LogP contribution in [-0.2, 0) is 5.75 Å². The standard InChI is InChI=1S/C10H10FNS/c1-2-13-7-9-5-8(6-12)3-4-10(9)11/h3-5H,2,7H2,1H3. The highest BCUT2D eigenvalue weighted by molar-refractivity contribution is 7.98. The SMILES string of the molecule is CCSCc1cc(C#N)ccc1F. The van der Waals surface area contributed by atoms with Crippen molar-refractivity contribution in [3.8, 4) is 6.07 Å². The number of benzene rings is 1. The molecule has 0 bridgehead atoms. The molecule has 1 rings (SSSR count). The van der Waals surface area contributed by atoms with Gasteiger partial charge in [0.2, 0.25) is 0 Å². The van der Waals surface area contributed by atoms with Crippen LogP contribution in [0.3, 0.4) is 0 Å². The van der Waals surface area contributed by atoms with E-state index in [-0.39, 0.29) is 5.82 Å². The van der Waals surface area contributed by atoms with Crippen LogP contribution in [0.25, 0.3) is 0 Å². The van der Waals surface area contributed by atoms with E-state index in [0.717, 1.165) is 5.75 Å². The Morgan fingerprint density at radius 2 is 2.31 bits per heavy atom. The molecule has 0 fully saturated rings. The van der Waals surface area contributed by atoms with Crippen LogP contribution >= 0.6 is 11.8 Å². The number of nitriles is 1. The van der Waals surface area contributed by atoms with Crippen molar-refractivity contribution in [2.75, 3.05) is 5.75 Å². The molecule has 1 aromatic rings. The fourth-order valence-electron chi connectivity index (χ4n) is 0.967. The molecule has 0 saturated heterocycles. The summed E-state index contributed by atoms with van der Waals surface area (Å²) in [5.41, 5.74) is 1.14. The first-order valence-electron chi connectivity index (χ1n) is 4.04. The van der Waals surface area contributed by atoms with Gasteiger partial charge >= 0.3 is 0 Å². The molecule has 0 heterocycles. The van der Waals surface area contributed by atoms with E-state index < -0.39 is 0 Å². The molecule has 0 aliphatic heterocycles. The summed E-state index contributed by atoms with van der Waals surface area (Å²) >= 11 is 1.65. The number of hydrogen-bond donors (Lipinski definition) is 0. The van der Waals surface area contributed by atoms with Crippen molar-refractivity contribution in [3.63, 3.8) is 0 Å². The van der Waals surface area contributed by atoms with Gasteiger partial charge in [0, 0.05) is 5.75 Å². The van der Waals surface area contributed by atoms with Crippen molar-refractivity contribution in [1.82, 2.24) is 0 Å². The first kappa shape index (κ1) is 10.1. The van der Waals surface area contributed by atoms with Gasteiger partial charge in [-0.15, -0.1) is 0 Å². The predicted molar refractivity (Wildman–Crippen MR) is 53.0 cm³/mol. The number of hydrogen-bond acceptors (Lipinski definition) is 2. The van der Waals surface area contributed by atoms with E-state index in [1.54, 1.807) is 17.8 Å². The van der Waals surface area contributed by atoms with Gasteiger partial charge in [-0.2, -0.15) is 17.0 Å². The lowest BCUT2D eigenvalue weighted by molar-refractivity contribution is 0.617. The molecule has 0 atom stereocenters. The molecular weight excluding hydrogens is 185 g/mol. The van der Waals surface area contributed by atoms with Crippen LogP contribution in [0.1, 0.15) is 18.1 Å². The summed E-state index contributed by atoms with van der Waals surface area (Å²) in [6.07, 6.45) is 0. The highest BCUT2D eigenvalue weighted by atomic mass is 32.2. The van der Waals surface area contributed by atoms with Gasteiger partial charge < -0.3 is 0 Å². The lowest BCUT2D eigenvalue weighted by Gasteiger charge is -2.01. The third-order valence-electron chi connectivity index (χ3n) is 1.64. The van der Waals surface area contributed by atoms with E-state index >= 15 is 0 Å². The van der Waals surface area contributed by atoms with E-state index in [1.807, 2.05) is 13.0 Å². The Morgan fingerprint density at radius 3 is 2.92 bits per heavy atom. The van der Waals surface area contributed by atoms with Gasteiger partial charge in [-0.3, -0.25) is 0 Å². The minimum Gasteiger partial charge on any atom is -0.207 e. The first-order valence-corrected chi connectivity index (χ1v) is 5.19. The van der Waals surface area contributed by atoms with Crippen LogP contribution < -0.4 is 0 Å². The first-order chi connectivity index (χ1) is 6.27. The molecule has 0 aliphatic rings. The van der Waals surface area contributed by atoms with Crippen molar-refractivity contribution in [2.45, 2.75) is 12.7 Å². The number of halogens is 1. The van der Waals surface area contributed by atoms with Crippen LogP contribution in [0.4, 0.5) is 4.39 Å². The van der Waals surface area contributed by atoms with Crippen LogP contribution in [0.5, 0.6) is 0 Å². The summed E-state index contributed by atoms with van der Waals surface area (Å²) in [5.74, 6) is 1.37. The van der Waals surface area contributed by atoms with Gasteiger partial charge in [-0.25, -0.2) is 4.39 Å². The predicted octanol–water partition coefficient (Wildman–Crippen LogP) is 2.95. The smallest absolute Gasteiger partial charge is 0.127 e. The second-order valence-electron chi connectivity index (χ2n) is 2.56. The minimum absolute atomic E-state index is 0.222. The largest absolute Gasteiger partial charge is 0.207 e. The molecule has 0 amide bonds. The highest BCUT2D eigenvalue weighted by Crippen LogP contribution is 2.16. The summed E-state index contributed by atoms with van der Waals surface area (Å²) in [5, 5.41) is 8.60. The van der Waals surface area contributed by atoms with Crippen LogP contribution in [0.15, 0.2) is 18.2 Å². The Hall–Kier alpha value is -1.01. The quantitative estimate of drug-likeness (QED) is 0.740. The Balaban J connectivity index is 2.85. The number of rotatable bonds is 3. The second-order valence-corrected chi connectivity index (χ2v) is 3.83. The average molecular weight is 195 g/mol. The van der Waals surface area contributed by atoms with Crippen LogP contribution in [-0.4, -0.2) is 5.75 Å². The number of nitrogens with zero attached hydrogens (tertiary/aromatic N) is 1. The molecular formula is C10H10FNS. The molecule has 0 spiro atoms. The van der Waals surface area contributed by atoms with Crippen molar-refractivity contribution < 1.29 is 4.39 Å².